The fourth-order valence-electron chi connectivity index (χ4n) is 2.23. The maximum atomic E-state index is 12.2. The maximum Gasteiger partial charge on any atom is 0.276 e. The SMILES string of the molecule is Cc1ccc(S(=O)(=O)NC2CCN(S(N)(=O)=O)CC2)cc1. The second-order valence-electron chi connectivity index (χ2n) is 5.15. The average molecular weight is 333 g/mol. The van der Waals surface area contributed by atoms with E-state index in [-0.39, 0.29) is 24.0 Å². The van der Waals surface area contributed by atoms with Gasteiger partial charge >= 0.3 is 0 Å². The summed E-state index contributed by atoms with van der Waals surface area (Å²) in [6.07, 6.45) is 0.809. The van der Waals surface area contributed by atoms with Crippen molar-refractivity contribution in [2.75, 3.05) is 13.1 Å². The molecule has 1 saturated heterocycles. The van der Waals surface area contributed by atoms with Gasteiger partial charge in [-0.1, -0.05) is 17.7 Å². The summed E-state index contributed by atoms with van der Waals surface area (Å²) in [4.78, 5) is 0.210. The summed E-state index contributed by atoms with van der Waals surface area (Å²) in [5.41, 5.74) is 0.982. The standard InChI is InChI=1S/C12H19N3O4S2/c1-10-2-4-12(5-3-10)20(16,17)14-11-6-8-15(9-7-11)21(13,18)19/h2-5,11,14H,6-9H2,1H3,(H2,13,18,19). The molecule has 1 aliphatic heterocycles. The zero-order valence-corrected chi connectivity index (χ0v) is 13.3. The normalized spacial score (nSPS) is 18.8. The highest BCUT2D eigenvalue weighted by atomic mass is 32.2. The molecule has 3 N–H and O–H groups in total. The van der Waals surface area contributed by atoms with Gasteiger partial charge in [0, 0.05) is 19.1 Å². The van der Waals surface area contributed by atoms with Gasteiger partial charge in [0.05, 0.1) is 4.90 Å². The summed E-state index contributed by atoms with van der Waals surface area (Å²) in [6, 6.07) is 6.29. The van der Waals surface area contributed by atoms with Crippen LogP contribution in [0.2, 0.25) is 0 Å². The highest BCUT2D eigenvalue weighted by Crippen LogP contribution is 2.16. The van der Waals surface area contributed by atoms with Crippen LogP contribution in [0.3, 0.4) is 0 Å². The summed E-state index contributed by atoms with van der Waals surface area (Å²) in [5.74, 6) is 0. The van der Waals surface area contributed by atoms with E-state index in [0.717, 1.165) is 9.87 Å². The van der Waals surface area contributed by atoms with E-state index < -0.39 is 20.2 Å². The number of hydrogen-bond acceptors (Lipinski definition) is 4. The van der Waals surface area contributed by atoms with Crippen LogP contribution in [0.5, 0.6) is 0 Å². The summed E-state index contributed by atoms with van der Waals surface area (Å²) >= 11 is 0. The van der Waals surface area contributed by atoms with Crippen LogP contribution >= 0.6 is 0 Å². The van der Waals surface area contributed by atoms with Crippen molar-refractivity contribution in [3.63, 3.8) is 0 Å². The Kier molecular flexibility index (Phi) is 4.69. The van der Waals surface area contributed by atoms with Gasteiger partial charge in [0.1, 0.15) is 0 Å². The summed E-state index contributed by atoms with van der Waals surface area (Å²) in [6.45, 7) is 2.33. The Hall–Kier alpha value is -1.00. The Morgan fingerprint density at radius 2 is 1.62 bits per heavy atom. The predicted octanol–water partition coefficient (Wildman–Crippen LogP) is -0.0588. The molecule has 0 aliphatic carbocycles. The van der Waals surface area contributed by atoms with Gasteiger partial charge in [-0.3, -0.25) is 0 Å². The zero-order valence-electron chi connectivity index (χ0n) is 11.7. The van der Waals surface area contributed by atoms with E-state index in [1.165, 1.54) is 0 Å². The van der Waals surface area contributed by atoms with Crippen LogP contribution in [-0.4, -0.2) is 40.3 Å². The number of nitrogens with one attached hydrogen (secondary N) is 1. The van der Waals surface area contributed by atoms with Crippen LogP contribution in [0.25, 0.3) is 0 Å². The average Bonchev–Trinajstić information content (AvgIpc) is 2.38. The number of rotatable bonds is 4. The third-order valence-electron chi connectivity index (χ3n) is 3.47. The Bertz CT molecular complexity index is 691. The van der Waals surface area contributed by atoms with Crippen molar-refractivity contribution in [3.8, 4) is 0 Å². The van der Waals surface area contributed by atoms with Crippen LogP contribution in [0, 0.1) is 6.92 Å². The van der Waals surface area contributed by atoms with Crippen LogP contribution < -0.4 is 9.86 Å². The van der Waals surface area contributed by atoms with Crippen LogP contribution in [-0.2, 0) is 20.2 Å². The van der Waals surface area contributed by atoms with Crippen molar-refractivity contribution >= 4 is 20.2 Å². The van der Waals surface area contributed by atoms with Gasteiger partial charge in [-0.15, -0.1) is 0 Å². The molecule has 0 amide bonds. The van der Waals surface area contributed by atoms with Crippen LogP contribution in [0.4, 0.5) is 0 Å². The number of hydrogen-bond donors (Lipinski definition) is 2. The van der Waals surface area contributed by atoms with Gasteiger partial charge in [-0.05, 0) is 31.9 Å². The largest absolute Gasteiger partial charge is 0.276 e. The molecular weight excluding hydrogens is 314 g/mol. The molecule has 1 heterocycles. The lowest BCUT2D eigenvalue weighted by Gasteiger charge is -2.30. The first-order valence-electron chi connectivity index (χ1n) is 6.55. The number of sulfonamides is 1. The quantitative estimate of drug-likeness (QED) is 0.804. The molecule has 2 rings (SSSR count). The van der Waals surface area contributed by atoms with E-state index in [1.54, 1.807) is 24.3 Å². The molecule has 7 nitrogen and oxygen atoms in total. The lowest BCUT2D eigenvalue weighted by Crippen LogP contribution is -2.48. The Morgan fingerprint density at radius 1 is 1.10 bits per heavy atom. The van der Waals surface area contributed by atoms with Gasteiger partial charge in [-0.2, -0.15) is 12.7 Å². The molecule has 1 aromatic rings. The first kappa shape index (κ1) is 16.4. The molecule has 0 unspecified atom stereocenters. The smallest absolute Gasteiger partial charge is 0.216 e. The van der Waals surface area contributed by atoms with Crippen molar-refractivity contribution in [2.24, 2.45) is 5.14 Å². The molecule has 1 fully saturated rings. The second kappa shape index (κ2) is 6.01. The first-order chi connectivity index (χ1) is 9.68. The second-order valence-corrected chi connectivity index (χ2v) is 8.41. The minimum atomic E-state index is -3.69. The fourth-order valence-corrected chi connectivity index (χ4v) is 4.26. The molecule has 0 aromatic heterocycles. The molecule has 0 radical (unpaired) electrons. The zero-order chi connectivity index (χ0) is 15.7. The Labute approximate surface area is 125 Å². The maximum absolute atomic E-state index is 12.2. The summed E-state index contributed by atoms with van der Waals surface area (Å²) < 4.78 is 50.6. The van der Waals surface area contributed by atoms with E-state index in [2.05, 4.69) is 4.72 Å². The lowest BCUT2D eigenvalue weighted by molar-refractivity contribution is 0.309. The number of nitrogens with zero attached hydrogens (tertiary/aromatic N) is 1. The van der Waals surface area contributed by atoms with Crippen molar-refractivity contribution < 1.29 is 16.8 Å². The van der Waals surface area contributed by atoms with Gasteiger partial charge in [0.2, 0.25) is 10.0 Å². The molecule has 0 bridgehead atoms. The number of benzene rings is 1. The molecular formula is C12H19N3O4S2. The minimum absolute atomic E-state index is 0.210. The van der Waals surface area contributed by atoms with E-state index >= 15 is 0 Å². The highest BCUT2D eigenvalue weighted by molar-refractivity contribution is 7.89. The first-order valence-corrected chi connectivity index (χ1v) is 9.54. The van der Waals surface area contributed by atoms with Gasteiger partial charge < -0.3 is 0 Å². The van der Waals surface area contributed by atoms with Crippen molar-refractivity contribution in [2.45, 2.75) is 30.7 Å². The molecule has 118 valence electrons. The number of nitrogens with two attached hydrogens (primary N) is 1. The highest BCUT2D eigenvalue weighted by Gasteiger charge is 2.28. The third kappa shape index (κ3) is 4.24. The molecule has 1 aromatic carbocycles. The molecule has 21 heavy (non-hydrogen) atoms. The lowest BCUT2D eigenvalue weighted by atomic mass is 10.1. The predicted molar refractivity (Wildman–Crippen MR) is 79.2 cm³/mol. The summed E-state index contributed by atoms with van der Waals surface area (Å²) in [5, 5.41) is 5.05. The number of piperidine rings is 1. The van der Waals surface area contributed by atoms with Gasteiger partial charge in [0.25, 0.3) is 10.2 Å². The van der Waals surface area contributed by atoms with Gasteiger partial charge in [-0.25, -0.2) is 18.3 Å². The Balaban J connectivity index is 2.01. The van der Waals surface area contributed by atoms with E-state index in [4.69, 9.17) is 5.14 Å². The molecule has 0 spiro atoms. The minimum Gasteiger partial charge on any atom is -0.216 e. The monoisotopic (exact) mass is 333 g/mol. The van der Waals surface area contributed by atoms with E-state index in [1.807, 2.05) is 6.92 Å². The summed E-state index contributed by atoms with van der Waals surface area (Å²) in [7, 11) is -7.27. The van der Waals surface area contributed by atoms with E-state index in [0.29, 0.717) is 12.8 Å². The van der Waals surface area contributed by atoms with E-state index in [9.17, 15) is 16.8 Å². The number of aryl methyl sites for hydroxylation is 1. The van der Waals surface area contributed by atoms with Gasteiger partial charge in [0.15, 0.2) is 0 Å². The van der Waals surface area contributed by atoms with Crippen molar-refractivity contribution in [1.82, 2.24) is 9.03 Å². The topological polar surface area (TPSA) is 110 Å². The van der Waals surface area contributed by atoms with Crippen LogP contribution in [0.1, 0.15) is 18.4 Å². The van der Waals surface area contributed by atoms with Crippen molar-refractivity contribution in [1.29, 1.82) is 0 Å². The fraction of sp³-hybridized carbons (Fsp3) is 0.500. The van der Waals surface area contributed by atoms with Crippen LogP contribution in [0.15, 0.2) is 29.2 Å². The molecule has 0 atom stereocenters. The third-order valence-corrected chi connectivity index (χ3v) is 6.09. The molecule has 1 aliphatic rings. The molecule has 0 saturated carbocycles. The Morgan fingerprint density at radius 3 is 2.10 bits per heavy atom. The molecule has 9 heteroatoms. The van der Waals surface area contributed by atoms with Crippen molar-refractivity contribution in [3.05, 3.63) is 29.8 Å².